The van der Waals surface area contributed by atoms with Gasteiger partial charge >= 0.3 is 0 Å². The highest BCUT2D eigenvalue weighted by atomic mass is 16.2. The zero-order chi connectivity index (χ0) is 15.0. The summed E-state index contributed by atoms with van der Waals surface area (Å²) in [5.74, 6) is -0.0400. The number of amides is 1. The summed E-state index contributed by atoms with van der Waals surface area (Å²) in [6.07, 6.45) is 4.30. The van der Waals surface area contributed by atoms with E-state index in [-0.39, 0.29) is 11.9 Å². The quantitative estimate of drug-likeness (QED) is 0.565. The van der Waals surface area contributed by atoms with Crippen LogP contribution in [0.25, 0.3) is 0 Å². The van der Waals surface area contributed by atoms with Crippen LogP contribution in [0.2, 0.25) is 0 Å². The van der Waals surface area contributed by atoms with Crippen molar-refractivity contribution in [1.29, 1.82) is 0 Å². The van der Waals surface area contributed by atoms with E-state index < -0.39 is 0 Å². The molecule has 0 fully saturated rings. The fourth-order valence-electron chi connectivity index (χ4n) is 2.11. The zero-order valence-electron chi connectivity index (χ0n) is 12.0. The fraction of sp³-hybridized carbons (Fsp3) is 0.312. The summed E-state index contributed by atoms with van der Waals surface area (Å²) < 4.78 is 0. The molecule has 0 aromatic heterocycles. The van der Waals surface area contributed by atoms with E-state index in [4.69, 9.17) is 5.73 Å². The topological polar surface area (TPSA) is 58.4 Å². The Hall–Kier alpha value is -2.07. The predicted molar refractivity (Wildman–Crippen MR) is 85.5 cm³/mol. The molecule has 0 heterocycles. The Bertz CT molecular complexity index is 461. The highest BCUT2D eigenvalue weighted by Crippen LogP contribution is 2.14. The van der Waals surface area contributed by atoms with Crippen molar-refractivity contribution in [1.82, 2.24) is 4.90 Å². The first-order chi connectivity index (χ1) is 9.62. The first-order valence-corrected chi connectivity index (χ1v) is 6.74. The van der Waals surface area contributed by atoms with Crippen molar-refractivity contribution in [2.24, 2.45) is 0 Å². The Morgan fingerprint density at radius 3 is 2.55 bits per heavy atom. The van der Waals surface area contributed by atoms with Crippen LogP contribution in [0.5, 0.6) is 0 Å². The number of carbonyl (C=O) groups excluding carboxylic acids is 1. The lowest BCUT2D eigenvalue weighted by molar-refractivity contribution is -0.121. The lowest BCUT2D eigenvalue weighted by Gasteiger charge is -2.28. The smallest absolute Gasteiger partial charge is 0.241 e. The number of rotatable bonds is 8. The van der Waals surface area contributed by atoms with Gasteiger partial charge in [-0.2, -0.15) is 0 Å². The number of carbonyl (C=O) groups is 1. The number of nitrogens with one attached hydrogen (secondary N) is 1. The second-order valence-corrected chi connectivity index (χ2v) is 4.57. The van der Waals surface area contributed by atoms with E-state index in [1.807, 2.05) is 24.0 Å². The third-order valence-electron chi connectivity index (χ3n) is 3.01. The molecule has 1 rings (SSSR count). The van der Waals surface area contributed by atoms with E-state index in [0.29, 0.717) is 24.5 Å². The lowest BCUT2D eigenvalue weighted by Crippen LogP contribution is -2.43. The second-order valence-electron chi connectivity index (χ2n) is 4.57. The molecule has 1 aromatic rings. The Balaban J connectivity index is 2.79. The molecule has 20 heavy (non-hydrogen) atoms. The molecule has 0 aliphatic carbocycles. The summed E-state index contributed by atoms with van der Waals surface area (Å²) >= 11 is 0. The number of nitrogens with two attached hydrogens (primary N) is 1. The van der Waals surface area contributed by atoms with Gasteiger partial charge in [0.2, 0.25) is 5.91 Å². The van der Waals surface area contributed by atoms with E-state index in [1.165, 1.54) is 0 Å². The highest BCUT2D eigenvalue weighted by Gasteiger charge is 2.22. The Morgan fingerprint density at radius 1 is 1.40 bits per heavy atom. The van der Waals surface area contributed by atoms with Crippen LogP contribution in [0.1, 0.15) is 13.3 Å². The number of nitrogens with zero attached hydrogens (tertiary/aromatic N) is 1. The normalized spacial score (nSPS) is 11.9. The monoisotopic (exact) mass is 273 g/mol. The van der Waals surface area contributed by atoms with Gasteiger partial charge in [-0.25, -0.2) is 0 Å². The van der Waals surface area contributed by atoms with Crippen LogP contribution in [0, 0.1) is 0 Å². The van der Waals surface area contributed by atoms with Crippen molar-refractivity contribution in [3.63, 3.8) is 0 Å². The summed E-state index contributed by atoms with van der Waals surface area (Å²) in [7, 11) is 0. The maximum absolute atomic E-state index is 12.4. The van der Waals surface area contributed by atoms with Crippen molar-refractivity contribution in [3.8, 4) is 0 Å². The van der Waals surface area contributed by atoms with E-state index in [1.54, 1.807) is 24.3 Å². The van der Waals surface area contributed by atoms with Crippen LogP contribution >= 0.6 is 0 Å². The summed E-state index contributed by atoms with van der Waals surface area (Å²) in [6, 6.07) is 6.96. The van der Waals surface area contributed by atoms with Crippen molar-refractivity contribution in [3.05, 3.63) is 49.6 Å². The lowest BCUT2D eigenvalue weighted by atomic mass is 10.1. The van der Waals surface area contributed by atoms with Crippen LogP contribution in [-0.4, -0.2) is 29.9 Å². The second kappa shape index (κ2) is 8.17. The van der Waals surface area contributed by atoms with Crippen molar-refractivity contribution < 1.29 is 4.79 Å². The van der Waals surface area contributed by atoms with Crippen molar-refractivity contribution in [2.45, 2.75) is 19.4 Å². The fourth-order valence-corrected chi connectivity index (χ4v) is 2.11. The molecule has 1 unspecified atom stereocenters. The van der Waals surface area contributed by atoms with E-state index >= 15 is 0 Å². The molecule has 0 aliphatic rings. The molecule has 0 aliphatic heterocycles. The summed E-state index contributed by atoms with van der Waals surface area (Å²) in [4.78, 5) is 14.4. The maximum atomic E-state index is 12.4. The minimum Gasteiger partial charge on any atom is -0.399 e. The van der Waals surface area contributed by atoms with Gasteiger partial charge in [-0.05, 0) is 24.6 Å². The van der Waals surface area contributed by atoms with Gasteiger partial charge in [0.1, 0.15) is 0 Å². The molecule has 1 aromatic carbocycles. The summed E-state index contributed by atoms with van der Waals surface area (Å²) in [5, 5.41) is 2.90. The molecule has 3 N–H and O–H groups in total. The van der Waals surface area contributed by atoms with Gasteiger partial charge in [0, 0.05) is 24.5 Å². The van der Waals surface area contributed by atoms with Gasteiger partial charge in [-0.3, -0.25) is 9.69 Å². The van der Waals surface area contributed by atoms with Crippen molar-refractivity contribution >= 4 is 17.3 Å². The number of benzene rings is 1. The third-order valence-corrected chi connectivity index (χ3v) is 3.01. The van der Waals surface area contributed by atoms with Crippen LogP contribution in [0.4, 0.5) is 11.4 Å². The van der Waals surface area contributed by atoms with E-state index in [0.717, 1.165) is 6.42 Å². The molecular formula is C16H23N3O. The summed E-state index contributed by atoms with van der Waals surface area (Å²) in [5.41, 5.74) is 7.05. The van der Waals surface area contributed by atoms with Gasteiger partial charge in [-0.15, -0.1) is 13.2 Å². The number of nitrogen functional groups attached to an aromatic ring is 1. The molecule has 4 heteroatoms. The number of anilines is 2. The third kappa shape index (κ3) is 4.55. The SMILES string of the molecule is C=CCN(CC=C)C(CC)C(=O)Nc1cccc(N)c1. The van der Waals surface area contributed by atoms with Crippen LogP contribution in [0.3, 0.4) is 0 Å². The van der Waals surface area contributed by atoms with Gasteiger partial charge in [0.15, 0.2) is 0 Å². The van der Waals surface area contributed by atoms with E-state index in [2.05, 4.69) is 18.5 Å². The largest absolute Gasteiger partial charge is 0.399 e. The molecular weight excluding hydrogens is 250 g/mol. The molecule has 0 spiro atoms. The molecule has 0 saturated heterocycles. The molecule has 4 nitrogen and oxygen atoms in total. The molecule has 108 valence electrons. The number of hydrogen-bond acceptors (Lipinski definition) is 3. The first kappa shape index (κ1) is 16.0. The standard InChI is InChI=1S/C16H23N3O/c1-4-10-19(11-5-2)15(6-3)16(20)18-14-9-7-8-13(17)12-14/h4-5,7-9,12,15H,1-2,6,10-11,17H2,3H3,(H,18,20). The van der Waals surface area contributed by atoms with Gasteiger partial charge < -0.3 is 11.1 Å². The number of hydrogen-bond donors (Lipinski definition) is 2. The van der Waals surface area contributed by atoms with Crippen LogP contribution in [0.15, 0.2) is 49.6 Å². The minimum absolute atomic E-state index is 0.0400. The minimum atomic E-state index is -0.215. The first-order valence-electron chi connectivity index (χ1n) is 6.74. The van der Waals surface area contributed by atoms with Gasteiger partial charge in [0.25, 0.3) is 0 Å². The average molecular weight is 273 g/mol. The van der Waals surface area contributed by atoms with Crippen LogP contribution < -0.4 is 11.1 Å². The van der Waals surface area contributed by atoms with E-state index in [9.17, 15) is 4.79 Å². The molecule has 1 amide bonds. The zero-order valence-corrected chi connectivity index (χ0v) is 12.0. The van der Waals surface area contributed by atoms with Gasteiger partial charge in [-0.1, -0.05) is 25.1 Å². The Kier molecular flexibility index (Phi) is 6.53. The summed E-state index contributed by atoms with van der Waals surface area (Å²) in [6.45, 7) is 10.7. The van der Waals surface area contributed by atoms with Crippen LogP contribution in [-0.2, 0) is 4.79 Å². The average Bonchev–Trinajstić information content (AvgIpc) is 2.40. The Labute approximate surface area is 121 Å². The van der Waals surface area contributed by atoms with Crippen molar-refractivity contribution in [2.75, 3.05) is 24.1 Å². The predicted octanol–water partition coefficient (Wildman–Crippen LogP) is 2.66. The maximum Gasteiger partial charge on any atom is 0.241 e. The highest BCUT2D eigenvalue weighted by molar-refractivity contribution is 5.95. The molecule has 1 atom stereocenters. The molecule has 0 radical (unpaired) electrons. The van der Waals surface area contributed by atoms with Gasteiger partial charge in [0.05, 0.1) is 6.04 Å². The molecule has 0 bridgehead atoms. The molecule has 0 saturated carbocycles. The Morgan fingerprint density at radius 2 is 2.05 bits per heavy atom.